The van der Waals surface area contributed by atoms with Gasteiger partial charge in [-0.1, -0.05) is 5.10 Å². The van der Waals surface area contributed by atoms with Crippen LogP contribution in [0.4, 0.5) is 5.95 Å². The molecule has 2 rings (SSSR count). The predicted molar refractivity (Wildman–Crippen MR) is 74.0 cm³/mol. The van der Waals surface area contributed by atoms with E-state index in [9.17, 15) is 9.59 Å². The maximum Gasteiger partial charge on any atom is 0.269 e. The predicted octanol–water partition coefficient (Wildman–Crippen LogP) is 1.20. The molecule has 2 N–H and O–H groups in total. The monoisotopic (exact) mass is 289 g/mol. The van der Waals surface area contributed by atoms with Gasteiger partial charge in [-0.05, 0) is 36.4 Å². The van der Waals surface area contributed by atoms with Gasteiger partial charge in [-0.15, -0.1) is 5.10 Å². The van der Waals surface area contributed by atoms with Gasteiger partial charge < -0.3 is 4.74 Å². The summed E-state index contributed by atoms with van der Waals surface area (Å²) in [7, 11) is 0. The second-order valence-electron chi connectivity index (χ2n) is 4.16. The first-order chi connectivity index (χ1) is 10.2. The SMILES string of the molecule is CCOc1ccc(C(=O)CCC(=O)Nc2nn[nH]n2)cc1. The van der Waals surface area contributed by atoms with Gasteiger partial charge in [0.05, 0.1) is 6.61 Å². The van der Waals surface area contributed by atoms with E-state index in [4.69, 9.17) is 4.74 Å². The largest absolute Gasteiger partial charge is 0.494 e. The number of tetrazole rings is 1. The summed E-state index contributed by atoms with van der Waals surface area (Å²) in [5.41, 5.74) is 0.547. The summed E-state index contributed by atoms with van der Waals surface area (Å²) in [6.07, 6.45) is 0.165. The minimum atomic E-state index is -0.337. The average molecular weight is 289 g/mol. The van der Waals surface area contributed by atoms with E-state index in [2.05, 4.69) is 25.9 Å². The molecule has 0 aliphatic heterocycles. The number of rotatable bonds is 7. The number of anilines is 1. The summed E-state index contributed by atoms with van der Waals surface area (Å²) in [4.78, 5) is 23.5. The smallest absolute Gasteiger partial charge is 0.269 e. The van der Waals surface area contributed by atoms with Crippen LogP contribution in [0.2, 0.25) is 0 Å². The van der Waals surface area contributed by atoms with Gasteiger partial charge in [-0.25, -0.2) is 0 Å². The second-order valence-corrected chi connectivity index (χ2v) is 4.16. The lowest BCUT2D eigenvalue weighted by Crippen LogP contribution is -2.14. The molecule has 0 aliphatic rings. The summed E-state index contributed by atoms with van der Waals surface area (Å²) < 4.78 is 5.30. The molecule has 110 valence electrons. The fourth-order valence-electron chi connectivity index (χ4n) is 1.68. The number of hydrogen-bond acceptors (Lipinski definition) is 6. The molecule has 1 aromatic carbocycles. The number of Topliss-reactive ketones (excluding diaryl/α,β-unsaturated/α-hetero) is 1. The fraction of sp³-hybridized carbons (Fsp3) is 0.308. The van der Waals surface area contributed by atoms with Crippen molar-refractivity contribution in [2.24, 2.45) is 0 Å². The van der Waals surface area contributed by atoms with Crippen molar-refractivity contribution < 1.29 is 14.3 Å². The number of H-pyrrole nitrogens is 1. The number of carbonyl (C=O) groups is 2. The zero-order valence-corrected chi connectivity index (χ0v) is 11.5. The van der Waals surface area contributed by atoms with Crippen molar-refractivity contribution in [2.45, 2.75) is 19.8 Å². The first kappa shape index (κ1) is 14.6. The number of ether oxygens (including phenoxy) is 1. The Hall–Kier alpha value is -2.77. The van der Waals surface area contributed by atoms with Crippen LogP contribution in [0.3, 0.4) is 0 Å². The number of aromatic amines is 1. The molecule has 8 heteroatoms. The molecule has 0 spiro atoms. The molecule has 0 bridgehead atoms. The van der Waals surface area contributed by atoms with E-state index in [1.54, 1.807) is 24.3 Å². The van der Waals surface area contributed by atoms with Crippen molar-refractivity contribution in [1.82, 2.24) is 20.6 Å². The van der Waals surface area contributed by atoms with E-state index < -0.39 is 0 Å². The van der Waals surface area contributed by atoms with Gasteiger partial charge >= 0.3 is 0 Å². The Balaban J connectivity index is 1.82. The Labute approximate surface area is 120 Å². The zero-order chi connectivity index (χ0) is 15.1. The maximum atomic E-state index is 12.0. The number of nitrogens with one attached hydrogen (secondary N) is 2. The normalized spacial score (nSPS) is 10.1. The maximum absolute atomic E-state index is 12.0. The minimum absolute atomic E-state index is 0.0561. The number of amides is 1. The number of carbonyl (C=O) groups excluding carboxylic acids is 2. The van der Waals surface area contributed by atoms with Gasteiger partial charge in [0, 0.05) is 18.4 Å². The standard InChI is InChI=1S/C13H15N5O3/c1-2-21-10-5-3-9(4-6-10)11(19)7-8-12(20)14-13-15-17-18-16-13/h3-6H,2,7-8H2,1H3,(H2,14,15,16,17,18,20). The van der Waals surface area contributed by atoms with Gasteiger partial charge in [0.2, 0.25) is 5.91 Å². The Morgan fingerprint density at radius 1 is 1.24 bits per heavy atom. The molecule has 1 aromatic heterocycles. The van der Waals surface area contributed by atoms with Crippen LogP contribution in [0.25, 0.3) is 0 Å². The number of aromatic nitrogens is 4. The lowest BCUT2D eigenvalue weighted by atomic mass is 10.1. The summed E-state index contributed by atoms with van der Waals surface area (Å²) in [6.45, 7) is 2.46. The lowest BCUT2D eigenvalue weighted by molar-refractivity contribution is -0.116. The van der Waals surface area contributed by atoms with Crippen LogP contribution >= 0.6 is 0 Å². The minimum Gasteiger partial charge on any atom is -0.494 e. The van der Waals surface area contributed by atoms with E-state index in [1.165, 1.54) is 0 Å². The molecular weight excluding hydrogens is 274 g/mol. The average Bonchev–Trinajstić information content (AvgIpc) is 2.99. The molecule has 8 nitrogen and oxygen atoms in total. The van der Waals surface area contributed by atoms with Gasteiger partial charge in [-0.2, -0.15) is 5.21 Å². The Bertz CT molecular complexity index is 595. The Morgan fingerprint density at radius 3 is 2.62 bits per heavy atom. The molecule has 2 aromatic rings. The van der Waals surface area contributed by atoms with Crippen molar-refractivity contribution >= 4 is 17.6 Å². The van der Waals surface area contributed by atoms with Crippen molar-refractivity contribution in [3.8, 4) is 5.75 Å². The van der Waals surface area contributed by atoms with Crippen LogP contribution in [0, 0.1) is 0 Å². The molecule has 0 atom stereocenters. The number of benzene rings is 1. The molecular formula is C13H15N5O3. The second kappa shape index (κ2) is 7.13. The van der Waals surface area contributed by atoms with Crippen LogP contribution in [-0.4, -0.2) is 38.9 Å². The van der Waals surface area contributed by atoms with Gasteiger partial charge in [0.15, 0.2) is 5.78 Å². The molecule has 0 saturated carbocycles. The third kappa shape index (κ3) is 4.37. The summed E-state index contributed by atoms with van der Waals surface area (Å²) in [5, 5.41) is 15.1. The molecule has 0 fully saturated rings. The first-order valence-corrected chi connectivity index (χ1v) is 6.48. The number of ketones is 1. The van der Waals surface area contributed by atoms with Crippen molar-refractivity contribution in [1.29, 1.82) is 0 Å². The summed E-state index contributed by atoms with van der Waals surface area (Å²) in [6, 6.07) is 6.83. The van der Waals surface area contributed by atoms with Crippen molar-refractivity contribution in [2.75, 3.05) is 11.9 Å². The molecule has 0 radical (unpaired) electrons. The zero-order valence-electron chi connectivity index (χ0n) is 11.5. The van der Waals surface area contributed by atoms with Crippen LogP contribution in [0.1, 0.15) is 30.1 Å². The van der Waals surface area contributed by atoms with Gasteiger partial charge in [0.25, 0.3) is 5.95 Å². The molecule has 0 unspecified atom stereocenters. The van der Waals surface area contributed by atoms with E-state index in [-0.39, 0.29) is 30.5 Å². The summed E-state index contributed by atoms with van der Waals surface area (Å²) >= 11 is 0. The van der Waals surface area contributed by atoms with Crippen LogP contribution in [0.5, 0.6) is 5.75 Å². The Morgan fingerprint density at radius 2 is 2.00 bits per heavy atom. The number of nitrogens with zero attached hydrogens (tertiary/aromatic N) is 3. The van der Waals surface area contributed by atoms with E-state index >= 15 is 0 Å². The third-order valence-corrected chi connectivity index (χ3v) is 2.66. The van der Waals surface area contributed by atoms with Crippen molar-refractivity contribution in [3.63, 3.8) is 0 Å². The molecule has 0 aliphatic carbocycles. The molecule has 21 heavy (non-hydrogen) atoms. The van der Waals surface area contributed by atoms with Gasteiger partial charge in [-0.3, -0.25) is 14.9 Å². The molecule has 1 amide bonds. The fourth-order valence-corrected chi connectivity index (χ4v) is 1.68. The topological polar surface area (TPSA) is 110 Å². The highest BCUT2D eigenvalue weighted by Gasteiger charge is 2.11. The first-order valence-electron chi connectivity index (χ1n) is 6.48. The highest BCUT2D eigenvalue weighted by molar-refractivity contribution is 5.99. The van der Waals surface area contributed by atoms with Crippen LogP contribution < -0.4 is 10.1 Å². The van der Waals surface area contributed by atoms with Crippen molar-refractivity contribution in [3.05, 3.63) is 29.8 Å². The van der Waals surface area contributed by atoms with E-state index in [0.29, 0.717) is 17.9 Å². The quantitative estimate of drug-likeness (QED) is 0.741. The third-order valence-electron chi connectivity index (χ3n) is 2.66. The van der Waals surface area contributed by atoms with Crippen LogP contribution in [-0.2, 0) is 4.79 Å². The Kier molecular flexibility index (Phi) is 4.97. The highest BCUT2D eigenvalue weighted by atomic mass is 16.5. The van der Waals surface area contributed by atoms with Gasteiger partial charge in [0.1, 0.15) is 5.75 Å². The summed E-state index contributed by atoms with van der Waals surface area (Å²) in [5.74, 6) is 0.356. The van der Waals surface area contributed by atoms with E-state index in [0.717, 1.165) is 0 Å². The van der Waals surface area contributed by atoms with Crippen LogP contribution in [0.15, 0.2) is 24.3 Å². The highest BCUT2D eigenvalue weighted by Crippen LogP contribution is 2.14. The van der Waals surface area contributed by atoms with E-state index in [1.807, 2.05) is 6.92 Å². The molecule has 0 saturated heterocycles. The number of hydrogen-bond donors (Lipinski definition) is 2. The molecule has 1 heterocycles. The lowest BCUT2D eigenvalue weighted by Gasteiger charge is -2.04.